The molecule has 3 heteroatoms. The van der Waals surface area contributed by atoms with Crippen LogP contribution in [0.5, 0.6) is 0 Å². The van der Waals surface area contributed by atoms with Gasteiger partial charge in [0, 0.05) is 11.9 Å². The molecule has 0 saturated heterocycles. The number of aryl methyl sites for hydroxylation is 1. The fourth-order valence-electron chi connectivity index (χ4n) is 2.53. The number of hydrogen-bond donors (Lipinski definition) is 1. The second-order valence-electron chi connectivity index (χ2n) is 4.36. The Bertz CT molecular complexity index is 491. The quantitative estimate of drug-likeness (QED) is 0.821. The van der Waals surface area contributed by atoms with Crippen molar-refractivity contribution >= 4 is 0 Å². The van der Waals surface area contributed by atoms with Crippen molar-refractivity contribution in [3.63, 3.8) is 0 Å². The number of nitrogens with zero attached hydrogens (tertiary/aromatic N) is 1. The second kappa shape index (κ2) is 3.74. The highest BCUT2D eigenvalue weighted by Gasteiger charge is 2.23. The molecule has 1 aliphatic rings. The summed E-state index contributed by atoms with van der Waals surface area (Å²) < 4.78 is 13.2. The third kappa shape index (κ3) is 1.62. The van der Waals surface area contributed by atoms with Crippen molar-refractivity contribution in [3.8, 4) is 0 Å². The lowest BCUT2D eigenvalue weighted by molar-refractivity contribution is 0.618. The Labute approximate surface area is 93.5 Å². The number of aromatic amines is 1. The highest BCUT2D eigenvalue weighted by molar-refractivity contribution is 5.36. The average Bonchev–Trinajstić information content (AvgIpc) is 2.90. The summed E-state index contributed by atoms with van der Waals surface area (Å²) in [6, 6.07) is 5.15. The standard InChI is InChI=1S/C13H13FN2/c14-11-4-3-9-1-2-10(13(9)6-11)5-12-7-15-8-16-12/h3-4,6-8,10H,1-2,5H2,(H,15,16). The first-order valence-electron chi connectivity index (χ1n) is 5.58. The molecule has 2 nitrogen and oxygen atoms in total. The van der Waals surface area contributed by atoms with Crippen molar-refractivity contribution in [1.29, 1.82) is 0 Å². The van der Waals surface area contributed by atoms with Gasteiger partial charge in [-0.2, -0.15) is 0 Å². The molecule has 3 rings (SSSR count). The molecule has 0 aliphatic heterocycles. The number of hydrogen-bond acceptors (Lipinski definition) is 1. The van der Waals surface area contributed by atoms with E-state index in [2.05, 4.69) is 9.97 Å². The Morgan fingerprint density at radius 1 is 1.44 bits per heavy atom. The minimum Gasteiger partial charge on any atom is -0.348 e. The van der Waals surface area contributed by atoms with Crippen molar-refractivity contribution in [1.82, 2.24) is 9.97 Å². The summed E-state index contributed by atoms with van der Waals surface area (Å²) in [7, 11) is 0. The molecule has 0 radical (unpaired) electrons. The molecule has 0 bridgehead atoms. The van der Waals surface area contributed by atoms with E-state index in [-0.39, 0.29) is 5.82 Å². The van der Waals surface area contributed by atoms with E-state index in [1.54, 1.807) is 18.5 Å². The normalized spacial score (nSPS) is 18.7. The van der Waals surface area contributed by atoms with E-state index in [1.807, 2.05) is 12.3 Å². The lowest BCUT2D eigenvalue weighted by Crippen LogP contribution is -1.99. The topological polar surface area (TPSA) is 28.7 Å². The zero-order chi connectivity index (χ0) is 11.0. The van der Waals surface area contributed by atoms with Gasteiger partial charge in [0.2, 0.25) is 0 Å². The van der Waals surface area contributed by atoms with Gasteiger partial charge in [-0.15, -0.1) is 0 Å². The van der Waals surface area contributed by atoms with Crippen molar-refractivity contribution in [2.45, 2.75) is 25.2 Å². The van der Waals surface area contributed by atoms with E-state index in [1.165, 1.54) is 11.1 Å². The number of fused-ring (bicyclic) bond motifs is 1. The molecule has 0 spiro atoms. The highest BCUT2D eigenvalue weighted by atomic mass is 19.1. The molecule has 0 fully saturated rings. The van der Waals surface area contributed by atoms with E-state index in [4.69, 9.17) is 0 Å². The van der Waals surface area contributed by atoms with Gasteiger partial charge in [-0.25, -0.2) is 9.37 Å². The van der Waals surface area contributed by atoms with Gasteiger partial charge in [0.25, 0.3) is 0 Å². The molecule has 0 saturated carbocycles. The van der Waals surface area contributed by atoms with Gasteiger partial charge < -0.3 is 4.98 Å². The van der Waals surface area contributed by atoms with Crippen molar-refractivity contribution in [3.05, 3.63) is 53.4 Å². The molecule has 0 amide bonds. The van der Waals surface area contributed by atoms with Crippen LogP contribution in [0.2, 0.25) is 0 Å². The van der Waals surface area contributed by atoms with E-state index in [0.29, 0.717) is 5.92 Å². The highest BCUT2D eigenvalue weighted by Crippen LogP contribution is 2.35. The number of halogens is 1. The van der Waals surface area contributed by atoms with Gasteiger partial charge in [-0.05, 0) is 48.4 Å². The average molecular weight is 216 g/mol. The van der Waals surface area contributed by atoms with Gasteiger partial charge in [0.1, 0.15) is 5.82 Å². The summed E-state index contributed by atoms with van der Waals surface area (Å²) >= 11 is 0. The number of benzene rings is 1. The predicted octanol–water partition coefficient (Wildman–Crippen LogP) is 2.82. The van der Waals surface area contributed by atoms with E-state index in [9.17, 15) is 4.39 Å². The van der Waals surface area contributed by atoms with Crippen molar-refractivity contribution < 1.29 is 4.39 Å². The zero-order valence-electron chi connectivity index (χ0n) is 8.91. The van der Waals surface area contributed by atoms with Crippen LogP contribution >= 0.6 is 0 Å². The molecule has 1 aliphatic carbocycles. The van der Waals surface area contributed by atoms with Gasteiger partial charge in [0.15, 0.2) is 0 Å². The first kappa shape index (κ1) is 9.58. The van der Waals surface area contributed by atoms with Crippen LogP contribution in [0, 0.1) is 5.82 Å². The molecule has 1 aromatic heterocycles. The molecule has 16 heavy (non-hydrogen) atoms. The molecule has 1 heterocycles. The Morgan fingerprint density at radius 2 is 2.38 bits per heavy atom. The SMILES string of the molecule is Fc1ccc2c(c1)C(Cc1cnc[nH]1)CC2. The zero-order valence-corrected chi connectivity index (χ0v) is 8.91. The van der Waals surface area contributed by atoms with Crippen LogP contribution in [0.3, 0.4) is 0 Å². The maximum absolute atomic E-state index is 13.2. The number of rotatable bonds is 2. The van der Waals surface area contributed by atoms with Gasteiger partial charge in [0.05, 0.1) is 6.33 Å². The number of H-pyrrole nitrogens is 1. The minimum atomic E-state index is -0.129. The Hall–Kier alpha value is -1.64. The third-order valence-corrected chi connectivity index (χ3v) is 3.33. The first-order chi connectivity index (χ1) is 7.83. The lowest BCUT2D eigenvalue weighted by atomic mass is 9.96. The van der Waals surface area contributed by atoms with Crippen molar-refractivity contribution in [2.24, 2.45) is 0 Å². The molecule has 2 aromatic rings. The maximum atomic E-state index is 13.2. The molecule has 1 atom stereocenters. The summed E-state index contributed by atoms with van der Waals surface area (Å²) in [5, 5.41) is 0. The largest absolute Gasteiger partial charge is 0.348 e. The fourth-order valence-corrected chi connectivity index (χ4v) is 2.53. The van der Waals surface area contributed by atoms with Crippen LogP contribution in [0.25, 0.3) is 0 Å². The number of nitrogens with one attached hydrogen (secondary N) is 1. The monoisotopic (exact) mass is 216 g/mol. The molecule has 1 unspecified atom stereocenters. The van der Waals surface area contributed by atoms with Crippen LogP contribution in [0.15, 0.2) is 30.7 Å². The summed E-state index contributed by atoms with van der Waals surface area (Å²) in [6.45, 7) is 0. The molecule has 82 valence electrons. The van der Waals surface area contributed by atoms with Crippen LogP contribution in [0.1, 0.15) is 29.2 Å². The van der Waals surface area contributed by atoms with Gasteiger partial charge >= 0.3 is 0 Å². The Morgan fingerprint density at radius 3 is 3.19 bits per heavy atom. The van der Waals surface area contributed by atoms with Crippen molar-refractivity contribution in [2.75, 3.05) is 0 Å². The molecule has 1 aromatic carbocycles. The van der Waals surface area contributed by atoms with Crippen LogP contribution < -0.4 is 0 Å². The molecular formula is C13H13FN2. The van der Waals surface area contributed by atoms with E-state index >= 15 is 0 Å². The lowest BCUT2D eigenvalue weighted by Gasteiger charge is -2.09. The summed E-state index contributed by atoms with van der Waals surface area (Å²) in [4.78, 5) is 7.11. The van der Waals surface area contributed by atoms with Gasteiger partial charge in [-0.3, -0.25) is 0 Å². The predicted molar refractivity (Wildman–Crippen MR) is 59.8 cm³/mol. The third-order valence-electron chi connectivity index (χ3n) is 3.33. The molecule has 1 N–H and O–H groups in total. The Balaban J connectivity index is 1.88. The summed E-state index contributed by atoms with van der Waals surface area (Å²) in [6.07, 6.45) is 6.64. The number of aromatic nitrogens is 2. The molecular weight excluding hydrogens is 203 g/mol. The smallest absolute Gasteiger partial charge is 0.123 e. The first-order valence-corrected chi connectivity index (χ1v) is 5.58. The minimum absolute atomic E-state index is 0.129. The van der Waals surface area contributed by atoms with E-state index < -0.39 is 0 Å². The van der Waals surface area contributed by atoms with Crippen LogP contribution in [-0.4, -0.2) is 9.97 Å². The number of imidazole rings is 1. The van der Waals surface area contributed by atoms with E-state index in [0.717, 1.165) is 25.0 Å². The van der Waals surface area contributed by atoms with Gasteiger partial charge in [-0.1, -0.05) is 6.07 Å². The Kier molecular flexibility index (Phi) is 2.24. The summed E-state index contributed by atoms with van der Waals surface area (Å²) in [5.74, 6) is 0.307. The maximum Gasteiger partial charge on any atom is 0.123 e. The second-order valence-corrected chi connectivity index (χ2v) is 4.36. The summed E-state index contributed by atoms with van der Waals surface area (Å²) in [5.41, 5.74) is 3.60. The fraction of sp³-hybridized carbons (Fsp3) is 0.308. The van der Waals surface area contributed by atoms with Crippen LogP contribution in [0.4, 0.5) is 4.39 Å². The van der Waals surface area contributed by atoms with Crippen LogP contribution in [-0.2, 0) is 12.8 Å².